The minimum atomic E-state index is -1.01. The van der Waals surface area contributed by atoms with Crippen molar-refractivity contribution >= 4 is 22.8 Å². The standard InChI is InChI=1S/C16H17FN2O5/c1-23-13-3-2-11(17)15-10(13)7-12(18-15)16(22)19-4-5-24-8-9(19)6-14(20)21/h2-3,7,9,18H,4-6,8H2,1H3,(H,20,21). The monoisotopic (exact) mass is 336 g/mol. The van der Waals surface area contributed by atoms with Gasteiger partial charge in [0.25, 0.3) is 5.91 Å². The molecule has 1 aliphatic heterocycles. The van der Waals surface area contributed by atoms with Gasteiger partial charge in [0.1, 0.15) is 17.3 Å². The summed E-state index contributed by atoms with van der Waals surface area (Å²) >= 11 is 0. The number of morpholine rings is 1. The number of aliphatic carboxylic acids is 1. The normalized spacial score (nSPS) is 17.9. The Hall–Kier alpha value is -2.61. The maximum atomic E-state index is 14.0. The first kappa shape index (κ1) is 16.3. The Morgan fingerprint density at radius 1 is 1.50 bits per heavy atom. The number of aromatic nitrogens is 1. The van der Waals surface area contributed by atoms with Gasteiger partial charge in [-0.2, -0.15) is 0 Å². The predicted octanol–water partition coefficient (Wildman–Crippen LogP) is 1.63. The number of carbonyl (C=O) groups is 2. The first-order valence-electron chi connectivity index (χ1n) is 7.47. The fourth-order valence-electron chi connectivity index (χ4n) is 2.90. The van der Waals surface area contributed by atoms with Gasteiger partial charge in [0.15, 0.2) is 0 Å². The fourth-order valence-corrected chi connectivity index (χ4v) is 2.90. The summed E-state index contributed by atoms with van der Waals surface area (Å²) in [6.07, 6.45) is -0.205. The third-order valence-corrected chi connectivity index (χ3v) is 4.05. The number of halogens is 1. The molecule has 2 heterocycles. The van der Waals surface area contributed by atoms with E-state index in [1.54, 1.807) is 0 Å². The minimum absolute atomic E-state index is 0.163. The number of methoxy groups -OCH3 is 1. The van der Waals surface area contributed by atoms with Gasteiger partial charge >= 0.3 is 5.97 Å². The maximum Gasteiger partial charge on any atom is 0.305 e. The number of hydrogen-bond acceptors (Lipinski definition) is 4. The van der Waals surface area contributed by atoms with E-state index >= 15 is 0 Å². The van der Waals surface area contributed by atoms with E-state index in [0.717, 1.165) is 0 Å². The molecule has 2 aromatic rings. The number of ether oxygens (including phenoxy) is 2. The van der Waals surface area contributed by atoms with Crippen LogP contribution in [0.3, 0.4) is 0 Å². The Morgan fingerprint density at radius 3 is 3.00 bits per heavy atom. The third-order valence-electron chi connectivity index (χ3n) is 4.05. The minimum Gasteiger partial charge on any atom is -0.496 e. The Labute approximate surface area is 137 Å². The van der Waals surface area contributed by atoms with Crippen molar-refractivity contribution in [3.63, 3.8) is 0 Å². The number of nitrogens with one attached hydrogen (secondary N) is 1. The summed E-state index contributed by atoms with van der Waals surface area (Å²) in [6.45, 7) is 0.779. The average molecular weight is 336 g/mol. The molecule has 0 bridgehead atoms. The van der Waals surface area contributed by atoms with E-state index in [4.69, 9.17) is 14.6 Å². The van der Waals surface area contributed by atoms with E-state index in [1.165, 1.54) is 30.2 Å². The van der Waals surface area contributed by atoms with Crippen molar-refractivity contribution in [2.45, 2.75) is 12.5 Å². The van der Waals surface area contributed by atoms with Crippen LogP contribution in [0.15, 0.2) is 18.2 Å². The smallest absolute Gasteiger partial charge is 0.305 e. The van der Waals surface area contributed by atoms with Gasteiger partial charge in [0.2, 0.25) is 0 Å². The van der Waals surface area contributed by atoms with Crippen LogP contribution in [-0.4, -0.2) is 59.8 Å². The number of hydrogen-bond donors (Lipinski definition) is 2. The van der Waals surface area contributed by atoms with Crippen molar-refractivity contribution in [2.24, 2.45) is 0 Å². The topological polar surface area (TPSA) is 91.9 Å². The molecule has 1 atom stereocenters. The zero-order valence-corrected chi connectivity index (χ0v) is 13.0. The number of carboxylic acids is 1. The first-order valence-corrected chi connectivity index (χ1v) is 7.47. The maximum absolute atomic E-state index is 14.0. The molecule has 1 unspecified atom stereocenters. The molecule has 1 aromatic heterocycles. The van der Waals surface area contributed by atoms with Crippen molar-refractivity contribution in [3.05, 3.63) is 29.7 Å². The highest BCUT2D eigenvalue weighted by molar-refractivity contribution is 6.00. The zero-order chi connectivity index (χ0) is 17.3. The molecule has 0 spiro atoms. The average Bonchev–Trinajstić information content (AvgIpc) is 3.01. The van der Waals surface area contributed by atoms with Gasteiger partial charge in [0.05, 0.1) is 38.3 Å². The highest BCUT2D eigenvalue weighted by Gasteiger charge is 2.31. The lowest BCUT2D eigenvalue weighted by atomic mass is 10.1. The highest BCUT2D eigenvalue weighted by Crippen LogP contribution is 2.29. The van der Waals surface area contributed by atoms with Crippen molar-refractivity contribution in [2.75, 3.05) is 26.9 Å². The van der Waals surface area contributed by atoms with Gasteiger partial charge in [-0.25, -0.2) is 4.39 Å². The lowest BCUT2D eigenvalue weighted by molar-refractivity contribution is -0.139. The Morgan fingerprint density at radius 2 is 2.29 bits per heavy atom. The van der Waals surface area contributed by atoms with E-state index in [2.05, 4.69) is 4.98 Å². The molecule has 0 radical (unpaired) electrons. The van der Waals surface area contributed by atoms with Gasteiger partial charge < -0.3 is 24.5 Å². The molecule has 8 heteroatoms. The molecule has 0 aliphatic carbocycles. The van der Waals surface area contributed by atoms with Crippen LogP contribution in [0.1, 0.15) is 16.9 Å². The van der Waals surface area contributed by atoms with Crippen LogP contribution < -0.4 is 4.74 Å². The van der Waals surface area contributed by atoms with Crippen molar-refractivity contribution in [1.82, 2.24) is 9.88 Å². The van der Waals surface area contributed by atoms with E-state index < -0.39 is 17.8 Å². The fraction of sp³-hybridized carbons (Fsp3) is 0.375. The number of rotatable bonds is 4. The second kappa shape index (κ2) is 6.48. The van der Waals surface area contributed by atoms with Crippen LogP contribution in [-0.2, 0) is 9.53 Å². The van der Waals surface area contributed by atoms with Crippen molar-refractivity contribution < 1.29 is 28.6 Å². The molecule has 7 nitrogen and oxygen atoms in total. The summed E-state index contributed by atoms with van der Waals surface area (Å²) in [4.78, 5) is 28.0. The number of H-pyrrole nitrogens is 1. The summed E-state index contributed by atoms with van der Waals surface area (Å²) < 4.78 is 24.4. The quantitative estimate of drug-likeness (QED) is 0.885. The molecule has 1 amide bonds. The number of carboxylic acid groups (broad SMARTS) is 1. The van der Waals surface area contributed by atoms with Gasteiger partial charge in [-0.05, 0) is 18.2 Å². The Kier molecular flexibility index (Phi) is 4.39. The lowest BCUT2D eigenvalue weighted by Gasteiger charge is -2.34. The Bertz CT molecular complexity index is 788. The molecule has 1 fully saturated rings. The lowest BCUT2D eigenvalue weighted by Crippen LogP contribution is -2.49. The summed E-state index contributed by atoms with van der Waals surface area (Å²) in [6, 6.07) is 3.71. The molecule has 3 rings (SSSR count). The summed E-state index contributed by atoms with van der Waals surface area (Å²) in [5.41, 5.74) is 0.367. The van der Waals surface area contributed by atoms with E-state index in [-0.39, 0.29) is 36.7 Å². The largest absolute Gasteiger partial charge is 0.496 e. The van der Waals surface area contributed by atoms with Crippen LogP contribution in [0.25, 0.3) is 10.9 Å². The first-order chi connectivity index (χ1) is 11.5. The second-order valence-corrected chi connectivity index (χ2v) is 5.55. The molecule has 0 saturated carbocycles. The van der Waals surface area contributed by atoms with Crippen molar-refractivity contribution in [1.29, 1.82) is 0 Å². The highest BCUT2D eigenvalue weighted by atomic mass is 19.1. The second-order valence-electron chi connectivity index (χ2n) is 5.55. The summed E-state index contributed by atoms with van der Waals surface area (Å²) in [5.74, 6) is -1.44. The number of nitrogens with zero attached hydrogens (tertiary/aromatic N) is 1. The number of amides is 1. The molecule has 2 N–H and O–H groups in total. The third kappa shape index (κ3) is 2.92. The SMILES string of the molecule is COc1ccc(F)c2[nH]c(C(=O)N3CCOCC3CC(=O)O)cc12. The van der Waals surface area contributed by atoms with E-state index in [0.29, 0.717) is 17.7 Å². The molecule has 128 valence electrons. The van der Waals surface area contributed by atoms with Gasteiger partial charge in [-0.3, -0.25) is 9.59 Å². The summed E-state index contributed by atoms with van der Waals surface area (Å²) in [5, 5.41) is 9.45. The van der Waals surface area contributed by atoms with Crippen molar-refractivity contribution in [3.8, 4) is 5.75 Å². The molecule has 24 heavy (non-hydrogen) atoms. The van der Waals surface area contributed by atoms with Gasteiger partial charge in [-0.1, -0.05) is 0 Å². The van der Waals surface area contributed by atoms with Crippen LogP contribution in [0, 0.1) is 5.82 Å². The van der Waals surface area contributed by atoms with E-state index in [1.807, 2.05) is 0 Å². The van der Waals surface area contributed by atoms with Crippen LogP contribution in [0.2, 0.25) is 0 Å². The van der Waals surface area contributed by atoms with Crippen LogP contribution in [0.4, 0.5) is 4.39 Å². The predicted molar refractivity (Wildman–Crippen MR) is 82.7 cm³/mol. The number of benzene rings is 1. The molecular formula is C16H17FN2O5. The van der Waals surface area contributed by atoms with Crippen LogP contribution in [0.5, 0.6) is 5.75 Å². The molecule has 1 aromatic carbocycles. The molecular weight excluding hydrogens is 319 g/mol. The van der Waals surface area contributed by atoms with E-state index in [9.17, 15) is 14.0 Å². The number of fused-ring (bicyclic) bond motifs is 1. The Balaban J connectivity index is 1.95. The van der Waals surface area contributed by atoms with Gasteiger partial charge in [0, 0.05) is 11.9 Å². The van der Waals surface area contributed by atoms with Crippen LogP contribution >= 0.6 is 0 Å². The number of aromatic amines is 1. The number of carbonyl (C=O) groups excluding carboxylic acids is 1. The van der Waals surface area contributed by atoms with Gasteiger partial charge in [-0.15, -0.1) is 0 Å². The summed E-state index contributed by atoms with van der Waals surface area (Å²) in [7, 11) is 1.46. The molecule has 1 saturated heterocycles. The molecule has 1 aliphatic rings. The zero-order valence-electron chi connectivity index (χ0n) is 13.0.